The highest BCUT2D eigenvalue weighted by Gasteiger charge is 2.31. The van der Waals surface area contributed by atoms with Crippen molar-refractivity contribution in [1.82, 2.24) is 10.3 Å². The van der Waals surface area contributed by atoms with Crippen molar-refractivity contribution in [2.24, 2.45) is 0 Å². The van der Waals surface area contributed by atoms with Crippen LogP contribution in [-0.4, -0.2) is 26.2 Å². The van der Waals surface area contributed by atoms with Crippen LogP contribution < -0.4 is 20.1 Å². The monoisotopic (exact) mass is 451 g/mol. The molecule has 9 heteroatoms. The van der Waals surface area contributed by atoms with Crippen molar-refractivity contribution >= 4 is 21.6 Å². The lowest BCUT2D eigenvalue weighted by molar-refractivity contribution is 0.173. The average Bonchev–Trinajstić information content (AvgIpc) is 3.29. The number of hydrogen-bond acceptors (Lipinski definition) is 6. The number of nitrogens with zero attached hydrogens (tertiary/aromatic N) is 1. The molecule has 1 aliphatic heterocycles. The highest BCUT2D eigenvalue weighted by atomic mass is 32.2. The number of rotatable bonds is 7. The Morgan fingerprint density at radius 1 is 1.12 bits per heavy atom. The van der Waals surface area contributed by atoms with Gasteiger partial charge in [0.1, 0.15) is 5.25 Å². The van der Waals surface area contributed by atoms with E-state index in [0.717, 1.165) is 5.56 Å². The number of ether oxygens (including phenoxy) is 2. The zero-order valence-electron chi connectivity index (χ0n) is 17.0. The number of carbonyl (C=O) groups excluding carboxylic acids is 1. The van der Waals surface area contributed by atoms with Gasteiger partial charge in [-0.25, -0.2) is 13.2 Å². The van der Waals surface area contributed by atoms with Gasteiger partial charge >= 0.3 is 6.03 Å². The number of nitrogens with one attached hydrogen (secondary N) is 2. The number of sulfone groups is 1. The summed E-state index contributed by atoms with van der Waals surface area (Å²) < 4.78 is 37.4. The number of urea groups is 1. The quantitative estimate of drug-likeness (QED) is 0.529. The summed E-state index contributed by atoms with van der Waals surface area (Å²) in [6.45, 7) is 4.07. The van der Waals surface area contributed by atoms with E-state index >= 15 is 0 Å². The Hall–Kier alpha value is -3.85. The van der Waals surface area contributed by atoms with Crippen molar-refractivity contribution < 1.29 is 22.7 Å². The number of para-hydroxylation sites is 1. The second kappa shape index (κ2) is 9.11. The molecule has 2 amide bonds. The van der Waals surface area contributed by atoms with Gasteiger partial charge in [-0.2, -0.15) is 0 Å². The molecule has 0 aliphatic carbocycles. The van der Waals surface area contributed by atoms with Gasteiger partial charge in [0, 0.05) is 30.2 Å². The summed E-state index contributed by atoms with van der Waals surface area (Å²) in [6, 6.07) is 14.3. The number of hydrogen-bond donors (Lipinski definition) is 2. The molecule has 2 aromatic carbocycles. The summed E-state index contributed by atoms with van der Waals surface area (Å²) in [5.41, 5.74) is 1.79. The van der Waals surface area contributed by atoms with Crippen LogP contribution in [0.4, 0.5) is 10.5 Å². The molecule has 32 heavy (non-hydrogen) atoms. The van der Waals surface area contributed by atoms with Crippen LogP contribution in [0.5, 0.6) is 11.5 Å². The number of fused-ring (bicyclic) bond motifs is 1. The molecule has 3 aromatic rings. The van der Waals surface area contributed by atoms with E-state index in [1.54, 1.807) is 36.7 Å². The van der Waals surface area contributed by atoms with Crippen molar-refractivity contribution in [2.75, 3.05) is 12.1 Å². The number of anilines is 1. The summed E-state index contributed by atoms with van der Waals surface area (Å²) >= 11 is 0. The summed E-state index contributed by atoms with van der Waals surface area (Å²) in [4.78, 5) is 16.2. The second-order valence-electron chi connectivity index (χ2n) is 6.98. The molecule has 1 unspecified atom stereocenters. The molecule has 0 spiro atoms. The lowest BCUT2D eigenvalue weighted by Crippen LogP contribution is -2.28. The Kier molecular flexibility index (Phi) is 6.09. The van der Waals surface area contributed by atoms with Gasteiger partial charge in [0.05, 0.1) is 4.90 Å². The molecule has 2 N–H and O–H groups in total. The first kappa shape index (κ1) is 21.4. The van der Waals surface area contributed by atoms with Crippen LogP contribution >= 0.6 is 0 Å². The fraction of sp³-hybridized carbons (Fsp3) is 0.130. The lowest BCUT2D eigenvalue weighted by atomic mass is 10.1. The third-order valence-electron chi connectivity index (χ3n) is 4.90. The van der Waals surface area contributed by atoms with E-state index in [9.17, 15) is 13.2 Å². The van der Waals surface area contributed by atoms with Crippen LogP contribution in [0.2, 0.25) is 0 Å². The summed E-state index contributed by atoms with van der Waals surface area (Å²) in [5, 5.41) is 4.38. The van der Waals surface area contributed by atoms with Gasteiger partial charge in [0.15, 0.2) is 21.3 Å². The van der Waals surface area contributed by atoms with Crippen LogP contribution in [0.15, 0.2) is 84.5 Å². The normalized spacial score (nSPS) is 13.2. The van der Waals surface area contributed by atoms with E-state index < -0.39 is 21.1 Å². The van der Waals surface area contributed by atoms with E-state index in [4.69, 9.17) is 9.47 Å². The maximum absolute atomic E-state index is 13.3. The molecule has 0 bridgehead atoms. The number of aromatic nitrogens is 1. The van der Waals surface area contributed by atoms with E-state index in [1.807, 2.05) is 6.07 Å². The van der Waals surface area contributed by atoms with Gasteiger partial charge in [-0.3, -0.25) is 4.98 Å². The van der Waals surface area contributed by atoms with E-state index in [-0.39, 0.29) is 11.7 Å². The largest absolute Gasteiger partial charge is 0.454 e. The van der Waals surface area contributed by atoms with Crippen molar-refractivity contribution in [3.63, 3.8) is 0 Å². The topological polar surface area (TPSA) is 107 Å². The van der Waals surface area contributed by atoms with Gasteiger partial charge in [0.2, 0.25) is 6.79 Å². The first-order valence-corrected chi connectivity index (χ1v) is 11.3. The first-order valence-electron chi connectivity index (χ1n) is 9.78. The molecule has 0 saturated carbocycles. The van der Waals surface area contributed by atoms with Gasteiger partial charge in [-0.15, -0.1) is 6.58 Å². The van der Waals surface area contributed by atoms with Crippen LogP contribution in [0.3, 0.4) is 0 Å². The molecule has 8 nitrogen and oxygen atoms in total. The number of carbonyl (C=O) groups is 1. The van der Waals surface area contributed by atoms with Gasteiger partial charge in [-0.1, -0.05) is 24.3 Å². The molecule has 1 aromatic heterocycles. The highest BCUT2D eigenvalue weighted by molar-refractivity contribution is 7.91. The first-order chi connectivity index (χ1) is 15.5. The van der Waals surface area contributed by atoms with Crippen LogP contribution in [0.1, 0.15) is 16.4 Å². The van der Waals surface area contributed by atoms with Gasteiger partial charge in [-0.05, 0) is 42.0 Å². The van der Waals surface area contributed by atoms with E-state index in [0.29, 0.717) is 29.3 Å². The Morgan fingerprint density at radius 3 is 2.66 bits per heavy atom. The summed E-state index contributed by atoms with van der Waals surface area (Å²) in [6.07, 6.45) is 4.68. The summed E-state index contributed by atoms with van der Waals surface area (Å²) in [5.74, 6) is 0.908. The Bertz CT molecular complexity index is 1230. The van der Waals surface area contributed by atoms with Crippen molar-refractivity contribution in [2.45, 2.75) is 16.7 Å². The maximum atomic E-state index is 13.3. The van der Waals surface area contributed by atoms with Crippen molar-refractivity contribution in [3.05, 3.63) is 90.8 Å². The second-order valence-corrected chi connectivity index (χ2v) is 9.04. The fourth-order valence-electron chi connectivity index (χ4n) is 3.33. The Labute approximate surface area is 185 Å². The molecule has 4 rings (SSSR count). The van der Waals surface area contributed by atoms with Crippen LogP contribution in [0.25, 0.3) is 0 Å². The Morgan fingerprint density at radius 2 is 1.94 bits per heavy atom. The molecule has 0 fully saturated rings. The molecule has 1 aliphatic rings. The number of amides is 2. The minimum Gasteiger partial charge on any atom is -0.454 e. The minimum atomic E-state index is -3.81. The predicted molar refractivity (Wildman–Crippen MR) is 119 cm³/mol. The SMILES string of the molecule is C=CC(c1cccc2c1OCO2)S(=O)(=O)c1ccc(NC(=O)NCc2cccnc2)cc1. The smallest absolute Gasteiger partial charge is 0.319 e. The van der Waals surface area contributed by atoms with Crippen LogP contribution in [0, 0.1) is 0 Å². The maximum Gasteiger partial charge on any atom is 0.319 e. The van der Waals surface area contributed by atoms with E-state index in [2.05, 4.69) is 22.2 Å². The zero-order chi connectivity index (χ0) is 22.6. The molecule has 1 atom stereocenters. The molecular weight excluding hydrogens is 430 g/mol. The van der Waals surface area contributed by atoms with Gasteiger partial charge in [0.25, 0.3) is 0 Å². The fourth-order valence-corrected chi connectivity index (χ4v) is 4.91. The van der Waals surface area contributed by atoms with Gasteiger partial charge < -0.3 is 20.1 Å². The Balaban J connectivity index is 1.47. The average molecular weight is 452 g/mol. The molecule has 0 radical (unpaired) electrons. The lowest BCUT2D eigenvalue weighted by Gasteiger charge is -2.16. The zero-order valence-corrected chi connectivity index (χ0v) is 17.8. The molecule has 0 saturated heterocycles. The molecular formula is C23H21N3O5S. The third kappa shape index (κ3) is 4.42. The number of pyridine rings is 1. The highest BCUT2D eigenvalue weighted by Crippen LogP contribution is 2.42. The summed E-state index contributed by atoms with van der Waals surface area (Å²) in [7, 11) is -3.81. The van der Waals surface area contributed by atoms with Crippen LogP contribution in [-0.2, 0) is 16.4 Å². The predicted octanol–water partition coefficient (Wildman–Crippen LogP) is 3.83. The van der Waals surface area contributed by atoms with Crippen molar-refractivity contribution in [3.8, 4) is 11.5 Å². The van der Waals surface area contributed by atoms with Crippen molar-refractivity contribution in [1.29, 1.82) is 0 Å². The molecule has 164 valence electrons. The third-order valence-corrected chi connectivity index (χ3v) is 6.94. The number of benzene rings is 2. The standard InChI is InChI=1S/C23H21N3O5S/c1-2-21(19-6-3-7-20-22(19)31-15-30-20)32(28,29)18-10-8-17(9-11-18)26-23(27)25-14-16-5-4-12-24-13-16/h2-13,21H,1,14-15H2,(H2,25,26,27). The molecule has 2 heterocycles. The van der Waals surface area contributed by atoms with E-state index in [1.165, 1.54) is 30.3 Å². The minimum absolute atomic E-state index is 0.0411.